The highest BCUT2D eigenvalue weighted by atomic mass is 16.1. The number of nitrogens with one attached hydrogen (secondary N) is 1. The first-order valence-corrected chi connectivity index (χ1v) is 5.53. The van der Waals surface area contributed by atoms with Crippen molar-refractivity contribution < 1.29 is 4.79 Å². The zero-order valence-corrected chi connectivity index (χ0v) is 9.68. The van der Waals surface area contributed by atoms with Gasteiger partial charge in [-0.1, -0.05) is 18.2 Å². The summed E-state index contributed by atoms with van der Waals surface area (Å²) in [7, 11) is 0. The van der Waals surface area contributed by atoms with Crippen LogP contribution in [0.3, 0.4) is 0 Å². The van der Waals surface area contributed by atoms with Crippen LogP contribution in [0.15, 0.2) is 36.7 Å². The normalized spacial score (nSPS) is 12.5. The third kappa shape index (κ3) is 2.60. The SMILES string of the molecule is CC(NCc1cccc2cnccc12)C(N)=O. The number of nitrogens with zero attached hydrogens (tertiary/aromatic N) is 1. The van der Waals surface area contributed by atoms with Crippen molar-refractivity contribution in [3.63, 3.8) is 0 Å². The number of benzene rings is 1. The predicted octanol–water partition coefficient (Wildman–Crippen LogP) is 1.20. The van der Waals surface area contributed by atoms with Crippen LogP contribution in [-0.2, 0) is 11.3 Å². The van der Waals surface area contributed by atoms with E-state index in [1.54, 1.807) is 13.1 Å². The van der Waals surface area contributed by atoms with Crippen LogP contribution in [-0.4, -0.2) is 16.9 Å². The van der Waals surface area contributed by atoms with E-state index >= 15 is 0 Å². The highest BCUT2D eigenvalue weighted by Gasteiger charge is 2.08. The van der Waals surface area contributed by atoms with Gasteiger partial charge in [-0.2, -0.15) is 0 Å². The Morgan fingerprint density at radius 3 is 3.06 bits per heavy atom. The van der Waals surface area contributed by atoms with Crippen LogP contribution in [0.2, 0.25) is 0 Å². The van der Waals surface area contributed by atoms with E-state index in [0.717, 1.165) is 16.3 Å². The summed E-state index contributed by atoms with van der Waals surface area (Å²) in [6, 6.07) is 7.68. The third-order valence-corrected chi connectivity index (χ3v) is 2.80. The Morgan fingerprint density at radius 2 is 2.29 bits per heavy atom. The Hall–Kier alpha value is -1.94. The summed E-state index contributed by atoms with van der Waals surface area (Å²) in [5.74, 6) is -0.341. The molecule has 1 atom stereocenters. The largest absolute Gasteiger partial charge is 0.368 e. The van der Waals surface area contributed by atoms with Crippen molar-refractivity contribution in [1.82, 2.24) is 10.3 Å². The van der Waals surface area contributed by atoms with Crippen molar-refractivity contribution in [2.24, 2.45) is 5.73 Å². The van der Waals surface area contributed by atoms with Gasteiger partial charge in [0.05, 0.1) is 6.04 Å². The van der Waals surface area contributed by atoms with Crippen LogP contribution in [0, 0.1) is 0 Å². The first-order valence-electron chi connectivity index (χ1n) is 5.53. The van der Waals surface area contributed by atoms with E-state index in [4.69, 9.17) is 5.73 Å². The number of hydrogen-bond acceptors (Lipinski definition) is 3. The molecule has 1 amide bonds. The Kier molecular flexibility index (Phi) is 3.35. The summed E-state index contributed by atoms with van der Waals surface area (Å²) in [5.41, 5.74) is 6.34. The number of rotatable bonds is 4. The maximum atomic E-state index is 10.9. The van der Waals surface area contributed by atoms with Gasteiger partial charge in [0.1, 0.15) is 0 Å². The number of carbonyl (C=O) groups is 1. The van der Waals surface area contributed by atoms with Crippen LogP contribution in [0.4, 0.5) is 0 Å². The molecule has 0 aliphatic heterocycles. The minimum atomic E-state index is -0.341. The van der Waals surface area contributed by atoms with Crippen molar-refractivity contribution in [3.05, 3.63) is 42.2 Å². The average Bonchev–Trinajstić information content (AvgIpc) is 2.35. The molecule has 0 aliphatic carbocycles. The number of pyridine rings is 1. The second kappa shape index (κ2) is 4.93. The van der Waals surface area contributed by atoms with Gasteiger partial charge in [0.2, 0.25) is 5.91 Å². The summed E-state index contributed by atoms with van der Waals surface area (Å²) >= 11 is 0. The van der Waals surface area contributed by atoms with E-state index in [0.29, 0.717) is 6.54 Å². The number of primary amides is 1. The molecule has 0 saturated heterocycles. The fraction of sp³-hybridized carbons (Fsp3) is 0.231. The lowest BCUT2D eigenvalue weighted by molar-refractivity contribution is -0.119. The summed E-state index contributed by atoms with van der Waals surface area (Å²) < 4.78 is 0. The number of fused-ring (bicyclic) bond motifs is 1. The Labute approximate surface area is 99.8 Å². The Balaban J connectivity index is 2.21. The van der Waals surface area contributed by atoms with Gasteiger partial charge in [-0.3, -0.25) is 9.78 Å². The first-order chi connectivity index (χ1) is 8.18. The summed E-state index contributed by atoms with van der Waals surface area (Å²) in [4.78, 5) is 15.0. The predicted molar refractivity (Wildman–Crippen MR) is 67.2 cm³/mol. The lowest BCUT2D eigenvalue weighted by atomic mass is 10.1. The van der Waals surface area contributed by atoms with Crippen LogP contribution in [0.5, 0.6) is 0 Å². The van der Waals surface area contributed by atoms with Crippen molar-refractivity contribution in [1.29, 1.82) is 0 Å². The molecule has 2 rings (SSSR count). The van der Waals surface area contributed by atoms with Gasteiger partial charge < -0.3 is 11.1 Å². The van der Waals surface area contributed by atoms with Gasteiger partial charge >= 0.3 is 0 Å². The molecule has 0 aliphatic rings. The number of nitrogens with two attached hydrogens (primary N) is 1. The van der Waals surface area contributed by atoms with Gasteiger partial charge in [-0.15, -0.1) is 0 Å². The summed E-state index contributed by atoms with van der Waals surface area (Å²) in [6.45, 7) is 2.38. The molecule has 1 aromatic heterocycles. The van der Waals surface area contributed by atoms with E-state index < -0.39 is 0 Å². The number of hydrogen-bond donors (Lipinski definition) is 2. The Bertz CT molecular complexity index is 534. The second-order valence-corrected chi connectivity index (χ2v) is 4.02. The first kappa shape index (κ1) is 11.5. The van der Waals surface area contributed by atoms with E-state index in [-0.39, 0.29) is 11.9 Å². The lowest BCUT2D eigenvalue weighted by Gasteiger charge is -2.11. The van der Waals surface area contributed by atoms with E-state index in [2.05, 4.69) is 10.3 Å². The number of aromatic nitrogens is 1. The Morgan fingerprint density at radius 1 is 1.47 bits per heavy atom. The second-order valence-electron chi connectivity index (χ2n) is 4.02. The average molecular weight is 229 g/mol. The molecule has 4 nitrogen and oxygen atoms in total. The van der Waals surface area contributed by atoms with E-state index in [1.165, 1.54) is 0 Å². The molecule has 88 valence electrons. The van der Waals surface area contributed by atoms with Gasteiger partial charge in [0.25, 0.3) is 0 Å². The van der Waals surface area contributed by atoms with Gasteiger partial charge in [0, 0.05) is 24.3 Å². The molecule has 4 heteroatoms. The molecule has 0 fully saturated rings. The van der Waals surface area contributed by atoms with Gasteiger partial charge in [-0.25, -0.2) is 0 Å². The van der Waals surface area contributed by atoms with Crippen molar-refractivity contribution in [2.45, 2.75) is 19.5 Å². The molecule has 0 radical (unpaired) electrons. The fourth-order valence-corrected chi connectivity index (χ4v) is 1.71. The molecular formula is C13H15N3O. The van der Waals surface area contributed by atoms with E-state index in [1.807, 2.05) is 30.5 Å². The van der Waals surface area contributed by atoms with Crippen LogP contribution in [0.1, 0.15) is 12.5 Å². The molecule has 0 bridgehead atoms. The lowest BCUT2D eigenvalue weighted by Crippen LogP contribution is -2.38. The fourth-order valence-electron chi connectivity index (χ4n) is 1.71. The molecule has 1 aromatic carbocycles. The molecule has 0 spiro atoms. The summed E-state index contributed by atoms with van der Waals surface area (Å²) in [5, 5.41) is 5.34. The third-order valence-electron chi connectivity index (χ3n) is 2.80. The van der Waals surface area contributed by atoms with Crippen molar-refractivity contribution in [3.8, 4) is 0 Å². The van der Waals surface area contributed by atoms with E-state index in [9.17, 15) is 4.79 Å². The molecule has 1 unspecified atom stereocenters. The number of amides is 1. The van der Waals surface area contributed by atoms with Crippen molar-refractivity contribution in [2.75, 3.05) is 0 Å². The number of carbonyl (C=O) groups excluding carboxylic acids is 1. The van der Waals surface area contributed by atoms with Crippen molar-refractivity contribution >= 4 is 16.7 Å². The topological polar surface area (TPSA) is 68.0 Å². The quantitative estimate of drug-likeness (QED) is 0.827. The maximum absolute atomic E-state index is 10.9. The maximum Gasteiger partial charge on any atom is 0.234 e. The monoisotopic (exact) mass is 229 g/mol. The van der Waals surface area contributed by atoms with Crippen LogP contribution in [0.25, 0.3) is 10.8 Å². The molecule has 2 aromatic rings. The highest BCUT2D eigenvalue weighted by Crippen LogP contribution is 2.17. The van der Waals surface area contributed by atoms with Gasteiger partial charge in [-0.05, 0) is 23.9 Å². The molecule has 17 heavy (non-hydrogen) atoms. The minimum absolute atomic E-state index is 0.327. The standard InChI is InChI=1S/C13H15N3O/c1-9(13(14)17)16-8-11-4-2-3-10-7-15-6-5-12(10)11/h2-7,9,16H,8H2,1H3,(H2,14,17). The smallest absolute Gasteiger partial charge is 0.234 e. The zero-order valence-electron chi connectivity index (χ0n) is 9.68. The minimum Gasteiger partial charge on any atom is -0.368 e. The highest BCUT2D eigenvalue weighted by molar-refractivity contribution is 5.85. The molecular weight excluding hydrogens is 214 g/mol. The molecule has 1 heterocycles. The van der Waals surface area contributed by atoms with Gasteiger partial charge in [0.15, 0.2) is 0 Å². The van der Waals surface area contributed by atoms with Crippen LogP contribution < -0.4 is 11.1 Å². The molecule has 0 saturated carbocycles. The zero-order chi connectivity index (χ0) is 12.3. The molecule has 3 N–H and O–H groups in total. The van der Waals surface area contributed by atoms with Crippen LogP contribution >= 0.6 is 0 Å². The summed E-state index contributed by atoms with van der Waals surface area (Å²) in [6.07, 6.45) is 3.60.